The van der Waals surface area contributed by atoms with E-state index in [1.54, 1.807) is 0 Å². The molecule has 16 heavy (non-hydrogen) atoms. The first kappa shape index (κ1) is 11.0. The van der Waals surface area contributed by atoms with Crippen molar-refractivity contribution in [3.8, 4) is 0 Å². The van der Waals surface area contributed by atoms with Crippen molar-refractivity contribution >= 4 is 17.3 Å². The molecule has 0 spiro atoms. The van der Waals surface area contributed by atoms with Crippen molar-refractivity contribution < 1.29 is 0 Å². The van der Waals surface area contributed by atoms with Gasteiger partial charge in [-0.1, -0.05) is 23.7 Å². The molecule has 0 aliphatic carbocycles. The Balaban J connectivity index is 2.30. The van der Waals surface area contributed by atoms with E-state index in [-0.39, 0.29) is 0 Å². The van der Waals surface area contributed by atoms with Crippen LogP contribution in [0.1, 0.15) is 16.8 Å². The van der Waals surface area contributed by atoms with Gasteiger partial charge in [0.05, 0.1) is 17.3 Å². The Hall–Kier alpha value is -1.48. The molecule has 0 atom stereocenters. The van der Waals surface area contributed by atoms with Gasteiger partial charge < -0.3 is 5.73 Å². The third kappa shape index (κ3) is 2.04. The molecular formula is C12H14ClN3. The largest absolute Gasteiger partial charge is 0.399 e. The van der Waals surface area contributed by atoms with Gasteiger partial charge in [-0.25, -0.2) is 0 Å². The van der Waals surface area contributed by atoms with Crippen LogP contribution >= 0.6 is 11.6 Å². The molecule has 2 aromatic rings. The lowest BCUT2D eigenvalue weighted by atomic mass is 10.1. The number of hydrogen-bond donors (Lipinski definition) is 1. The molecule has 84 valence electrons. The van der Waals surface area contributed by atoms with Gasteiger partial charge in [0.2, 0.25) is 0 Å². The van der Waals surface area contributed by atoms with Crippen LogP contribution in [0.5, 0.6) is 0 Å². The molecule has 0 saturated carbocycles. The second-order valence-corrected chi connectivity index (χ2v) is 4.30. The van der Waals surface area contributed by atoms with E-state index in [2.05, 4.69) is 11.2 Å². The molecule has 0 amide bonds. The van der Waals surface area contributed by atoms with E-state index in [4.69, 9.17) is 17.3 Å². The molecular weight excluding hydrogens is 222 g/mol. The first-order valence-corrected chi connectivity index (χ1v) is 5.49. The highest BCUT2D eigenvalue weighted by Gasteiger charge is 2.05. The van der Waals surface area contributed by atoms with Crippen LogP contribution in [0.3, 0.4) is 0 Å². The number of aromatic nitrogens is 2. The lowest BCUT2D eigenvalue weighted by molar-refractivity contribution is 0.677. The summed E-state index contributed by atoms with van der Waals surface area (Å²) in [7, 11) is 0. The molecule has 0 bridgehead atoms. The fraction of sp³-hybridized carbons (Fsp3) is 0.250. The minimum Gasteiger partial charge on any atom is -0.399 e. The van der Waals surface area contributed by atoms with Gasteiger partial charge in [0.15, 0.2) is 0 Å². The standard InChI is InChI=1S/C12H14ClN3/c1-8-10(4-3-5-12(8)14)6-16-7-11(13)9(2)15-16/h3-5,7H,6,14H2,1-2H3. The maximum atomic E-state index is 5.96. The molecule has 4 heteroatoms. The third-order valence-electron chi connectivity index (χ3n) is 2.71. The first-order valence-electron chi connectivity index (χ1n) is 5.11. The molecule has 2 rings (SSSR count). The molecule has 0 aliphatic rings. The zero-order valence-corrected chi connectivity index (χ0v) is 10.1. The van der Waals surface area contributed by atoms with Crippen LogP contribution in [-0.4, -0.2) is 9.78 Å². The van der Waals surface area contributed by atoms with Gasteiger partial charge in [-0.2, -0.15) is 5.10 Å². The smallest absolute Gasteiger partial charge is 0.0815 e. The van der Waals surface area contributed by atoms with Crippen LogP contribution in [-0.2, 0) is 6.54 Å². The van der Waals surface area contributed by atoms with Gasteiger partial charge in [-0.05, 0) is 31.0 Å². The number of rotatable bonds is 2. The summed E-state index contributed by atoms with van der Waals surface area (Å²) < 4.78 is 1.83. The zero-order chi connectivity index (χ0) is 11.7. The summed E-state index contributed by atoms with van der Waals surface area (Å²) in [5, 5.41) is 5.02. The van der Waals surface area contributed by atoms with E-state index < -0.39 is 0 Å². The van der Waals surface area contributed by atoms with Gasteiger partial charge in [0.1, 0.15) is 0 Å². The van der Waals surface area contributed by atoms with E-state index in [1.807, 2.05) is 36.9 Å². The van der Waals surface area contributed by atoms with Crippen molar-refractivity contribution in [1.82, 2.24) is 9.78 Å². The summed E-state index contributed by atoms with van der Waals surface area (Å²) in [6.45, 7) is 4.61. The number of aryl methyl sites for hydroxylation is 1. The summed E-state index contributed by atoms with van der Waals surface area (Å²) in [6, 6.07) is 5.91. The Labute approximate surface area is 99.8 Å². The maximum Gasteiger partial charge on any atom is 0.0815 e. The number of halogens is 1. The number of nitrogens with zero attached hydrogens (tertiary/aromatic N) is 2. The van der Waals surface area contributed by atoms with Crippen LogP contribution in [0.25, 0.3) is 0 Å². The summed E-state index contributed by atoms with van der Waals surface area (Å²) in [5.74, 6) is 0. The third-order valence-corrected chi connectivity index (χ3v) is 3.08. The van der Waals surface area contributed by atoms with E-state index in [9.17, 15) is 0 Å². The summed E-state index contributed by atoms with van der Waals surface area (Å²) in [6.07, 6.45) is 1.83. The number of hydrogen-bond acceptors (Lipinski definition) is 2. The Morgan fingerprint density at radius 1 is 1.38 bits per heavy atom. The van der Waals surface area contributed by atoms with Gasteiger partial charge in [-0.3, -0.25) is 4.68 Å². The average Bonchev–Trinajstić information content (AvgIpc) is 2.54. The highest BCUT2D eigenvalue weighted by molar-refractivity contribution is 6.31. The van der Waals surface area contributed by atoms with Gasteiger partial charge >= 0.3 is 0 Å². The lowest BCUT2D eigenvalue weighted by Gasteiger charge is -2.08. The van der Waals surface area contributed by atoms with Crippen LogP contribution < -0.4 is 5.73 Å². The predicted molar refractivity (Wildman–Crippen MR) is 66.7 cm³/mol. The Morgan fingerprint density at radius 3 is 2.75 bits per heavy atom. The Kier molecular flexibility index (Phi) is 2.88. The second-order valence-electron chi connectivity index (χ2n) is 3.89. The quantitative estimate of drug-likeness (QED) is 0.814. The van der Waals surface area contributed by atoms with Crippen molar-refractivity contribution in [3.63, 3.8) is 0 Å². The molecule has 0 aliphatic heterocycles. The summed E-state index contributed by atoms with van der Waals surface area (Å²) >= 11 is 5.96. The summed E-state index contributed by atoms with van der Waals surface area (Å²) in [5.41, 5.74) is 9.79. The van der Waals surface area contributed by atoms with Gasteiger partial charge in [0, 0.05) is 11.9 Å². The fourth-order valence-electron chi connectivity index (χ4n) is 1.62. The molecule has 3 nitrogen and oxygen atoms in total. The van der Waals surface area contributed by atoms with Crippen molar-refractivity contribution in [3.05, 3.63) is 46.2 Å². The molecule has 0 unspecified atom stereocenters. The highest BCUT2D eigenvalue weighted by Crippen LogP contribution is 2.18. The number of nitrogen functional groups attached to an aromatic ring is 1. The Morgan fingerprint density at radius 2 is 2.12 bits per heavy atom. The molecule has 2 N–H and O–H groups in total. The highest BCUT2D eigenvalue weighted by atomic mass is 35.5. The lowest BCUT2D eigenvalue weighted by Crippen LogP contribution is -2.03. The average molecular weight is 236 g/mol. The van der Waals surface area contributed by atoms with E-state index in [0.29, 0.717) is 11.6 Å². The topological polar surface area (TPSA) is 43.8 Å². The van der Waals surface area contributed by atoms with Crippen LogP contribution in [0.4, 0.5) is 5.69 Å². The second kappa shape index (κ2) is 4.18. The number of nitrogens with two attached hydrogens (primary N) is 1. The van der Waals surface area contributed by atoms with Crippen molar-refractivity contribution in [2.24, 2.45) is 0 Å². The number of benzene rings is 1. The summed E-state index contributed by atoms with van der Waals surface area (Å²) in [4.78, 5) is 0. The van der Waals surface area contributed by atoms with Crippen LogP contribution in [0, 0.1) is 13.8 Å². The van der Waals surface area contributed by atoms with E-state index >= 15 is 0 Å². The molecule has 1 heterocycles. The van der Waals surface area contributed by atoms with Crippen molar-refractivity contribution in [2.45, 2.75) is 20.4 Å². The first-order chi connectivity index (χ1) is 7.58. The number of anilines is 1. The molecule has 1 aromatic heterocycles. The van der Waals surface area contributed by atoms with Crippen molar-refractivity contribution in [2.75, 3.05) is 5.73 Å². The Bertz CT molecular complexity index is 497. The molecule has 0 radical (unpaired) electrons. The normalized spacial score (nSPS) is 10.7. The van der Waals surface area contributed by atoms with Crippen LogP contribution in [0.2, 0.25) is 5.02 Å². The molecule has 0 fully saturated rings. The monoisotopic (exact) mass is 235 g/mol. The fourth-order valence-corrected chi connectivity index (χ4v) is 1.77. The maximum absolute atomic E-state index is 5.96. The minimum atomic E-state index is 0.696. The van der Waals surface area contributed by atoms with Crippen molar-refractivity contribution in [1.29, 1.82) is 0 Å². The SMILES string of the molecule is Cc1nn(Cc2cccc(N)c2C)cc1Cl. The van der Waals surface area contributed by atoms with Gasteiger partial charge in [-0.15, -0.1) is 0 Å². The zero-order valence-electron chi connectivity index (χ0n) is 9.37. The van der Waals surface area contributed by atoms with Crippen LogP contribution in [0.15, 0.2) is 24.4 Å². The van der Waals surface area contributed by atoms with E-state index in [1.165, 1.54) is 5.56 Å². The molecule has 1 aromatic carbocycles. The van der Waals surface area contributed by atoms with E-state index in [0.717, 1.165) is 16.9 Å². The molecule has 0 saturated heterocycles. The predicted octanol–water partition coefficient (Wildman–Crippen LogP) is 2.78. The van der Waals surface area contributed by atoms with Gasteiger partial charge in [0.25, 0.3) is 0 Å². The minimum absolute atomic E-state index is 0.696.